The van der Waals surface area contributed by atoms with Gasteiger partial charge < -0.3 is 15.8 Å². The van der Waals surface area contributed by atoms with Crippen LogP contribution in [0.15, 0.2) is 24.3 Å². The van der Waals surface area contributed by atoms with Gasteiger partial charge in [-0.15, -0.1) is 0 Å². The SMILES string of the molecule is CC1CCC(OCC(=O)Nc2cccc(N)c2)CC1C. The number of hydrogen-bond donors (Lipinski definition) is 2. The van der Waals surface area contributed by atoms with Gasteiger partial charge in [-0.2, -0.15) is 0 Å². The van der Waals surface area contributed by atoms with Crippen molar-refractivity contribution in [2.24, 2.45) is 11.8 Å². The molecule has 2 rings (SSSR count). The molecular weight excluding hydrogens is 252 g/mol. The van der Waals surface area contributed by atoms with Crippen LogP contribution in [-0.4, -0.2) is 18.6 Å². The van der Waals surface area contributed by atoms with Crippen molar-refractivity contribution < 1.29 is 9.53 Å². The molecule has 4 nitrogen and oxygen atoms in total. The fourth-order valence-electron chi connectivity index (χ4n) is 2.66. The number of nitrogens with one attached hydrogen (secondary N) is 1. The van der Waals surface area contributed by atoms with Crippen molar-refractivity contribution in [1.82, 2.24) is 0 Å². The zero-order valence-corrected chi connectivity index (χ0v) is 12.3. The average molecular weight is 276 g/mol. The van der Waals surface area contributed by atoms with Gasteiger partial charge in [0, 0.05) is 11.4 Å². The Bertz CT molecular complexity index is 462. The van der Waals surface area contributed by atoms with E-state index < -0.39 is 0 Å². The number of ether oxygens (including phenoxy) is 1. The van der Waals surface area contributed by atoms with Crippen LogP contribution in [0.1, 0.15) is 33.1 Å². The third kappa shape index (κ3) is 4.23. The molecule has 110 valence electrons. The molecular formula is C16H24N2O2. The molecule has 0 heterocycles. The van der Waals surface area contributed by atoms with E-state index in [1.807, 2.05) is 12.1 Å². The molecule has 20 heavy (non-hydrogen) atoms. The van der Waals surface area contributed by atoms with Crippen molar-refractivity contribution in [3.63, 3.8) is 0 Å². The summed E-state index contributed by atoms with van der Waals surface area (Å²) in [6.07, 6.45) is 3.50. The second-order valence-corrected chi connectivity index (χ2v) is 5.87. The maximum absolute atomic E-state index is 11.8. The lowest BCUT2D eigenvalue weighted by Crippen LogP contribution is -2.29. The molecule has 0 spiro atoms. The van der Waals surface area contributed by atoms with E-state index in [9.17, 15) is 4.79 Å². The lowest BCUT2D eigenvalue weighted by atomic mass is 9.80. The molecule has 0 aromatic heterocycles. The first-order chi connectivity index (χ1) is 9.54. The van der Waals surface area contributed by atoms with E-state index in [4.69, 9.17) is 10.5 Å². The zero-order valence-electron chi connectivity index (χ0n) is 12.3. The Morgan fingerprint density at radius 3 is 2.85 bits per heavy atom. The fourth-order valence-corrected chi connectivity index (χ4v) is 2.66. The molecule has 4 heteroatoms. The Hall–Kier alpha value is -1.55. The summed E-state index contributed by atoms with van der Waals surface area (Å²) in [5.74, 6) is 1.31. The van der Waals surface area contributed by atoms with Crippen LogP contribution in [0.3, 0.4) is 0 Å². The Labute approximate surface area is 120 Å². The van der Waals surface area contributed by atoms with Gasteiger partial charge in [-0.3, -0.25) is 4.79 Å². The van der Waals surface area contributed by atoms with Gasteiger partial charge in [-0.1, -0.05) is 19.9 Å². The summed E-state index contributed by atoms with van der Waals surface area (Å²) in [7, 11) is 0. The predicted molar refractivity (Wildman–Crippen MR) is 81.4 cm³/mol. The van der Waals surface area contributed by atoms with Gasteiger partial charge in [-0.05, 0) is 49.3 Å². The first-order valence-electron chi connectivity index (χ1n) is 7.31. The predicted octanol–water partition coefficient (Wildman–Crippen LogP) is 3.05. The van der Waals surface area contributed by atoms with Gasteiger partial charge in [0.15, 0.2) is 0 Å². The third-order valence-corrected chi connectivity index (χ3v) is 4.17. The molecule has 1 aliphatic carbocycles. The molecule has 3 unspecified atom stereocenters. The van der Waals surface area contributed by atoms with Crippen LogP contribution in [-0.2, 0) is 9.53 Å². The Morgan fingerprint density at radius 2 is 2.15 bits per heavy atom. The van der Waals surface area contributed by atoms with Crippen LogP contribution in [0.4, 0.5) is 11.4 Å². The number of benzene rings is 1. The lowest BCUT2D eigenvalue weighted by molar-refractivity contribution is -0.123. The highest BCUT2D eigenvalue weighted by atomic mass is 16.5. The molecule has 0 bridgehead atoms. The van der Waals surface area contributed by atoms with Crippen molar-refractivity contribution in [3.05, 3.63) is 24.3 Å². The van der Waals surface area contributed by atoms with Gasteiger partial charge in [0.1, 0.15) is 6.61 Å². The van der Waals surface area contributed by atoms with Gasteiger partial charge in [0.2, 0.25) is 5.91 Å². The molecule has 1 amide bonds. The summed E-state index contributed by atoms with van der Waals surface area (Å²) in [4.78, 5) is 11.8. The van der Waals surface area contributed by atoms with Crippen molar-refractivity contribution in [2.45, 2.75) is 39.2 Å². The molecule has 0 saturated heterocycles. The first-order valence-corrected chi connectivity index (χ1v) is 7.31. The standard InChI is InChI=1S/C16H24N2O2/c1-11-6-7-15(8-12(11)2)20-10-16(19)18-14-5-3-4-13(17)9-14/h3-5,9,11-12,15H,6-8,10,17H2,1-2H3,(H,18,19). The number of anilines is 2. The summed E-state index contributed by atoms with van der Waals surface area (Å²) < 4.78 is 5.72. The second-order valence-electron chi connectivity index (χ2n) is 5.87. The quantitative estimate of drug-likeness (QED) is 0.831. The Balaban J connectivity index is 1.75. The smallest absolute Gasteiger partial charge is 0.250 e. The molecule has 1 saturated carbocycles. The molecule has 1 aromatic rings. The van der Waals surface area contributed by atoms with Crippen molar-refractivity contribution in [2.75, 3.05) is 17.7 Å². The number of nitrogen functional groups attached to an aromatic ring is 1. The van der Waals surface area contributed by atoms with E-state index in [-0.39, 0.29) is 18.6 Å². The highest BCUT2D eigenvalue weighted by Crippen LogP contribution is 2.30. The summed E-state index contributed by atoms with van der Waals surface area (Å²) in [6, 6.07) is 7.16. The van der Waals surface area contributed by atoms with E-state index in [1.54, 1.807) is 12.1 Å². The molecule has 3 atom stereocenters. The van der Waals surface area contributed by atoms with E-state index in [0.29, 0.717) is 17.3 Å². The minimum atomic E-state index is -0.123. The van der Waals surface area contributed by atoms with Gasteiger partial charge in [-0.25, -0.2) is 0 Å². The van der Waals surface area contributed by atoms with E-state index >= 15 is 0 Å². The number of carbonyl (C=O) groups excluding carboxylic acids is 1. The summed E-state index contributed by atoms with van der Waals surface area (Å²) in [5, 5.41) is 2.80. The van der Waals surface area contributed by atoms with Crippen LogP contribution >= 0.6 is 0 Å². The lowest BCUT2D eigenvalue weighted by Gasteiger charge is -2.31. The minimum absolute atomic E-state index is 0.112. The number of carbonyl (C=O) groups is 1. The maximum Gasteiger partial charge on any atom is 0.250 e. The number of rotatable bonds is 4. The first kappa shape index (κ1) is 14.9. The van der Waals surface area contributed by atoms with Crippen LogP contribution in [0, 0.1) is 11.8 Å². The topological polar surface area (TPSA) is 64.3 Å². The van der Waals surface area contributed by atoms with Crippen LogP contribution in [0.25, 0.3) is 0 Å². The average Bonchev–Trinajstić information content (AvgIpc) is 2.40. The van der Waals surface area contributed by atoms with E-state index in [0.717, 1.165) is 18.8 Å². The van der Waals surface area contributed by atoms with Crippen LogP contribution < -0.4 is 11.1 Å². The molecule has 1 aliphatic rings. The van der Waals surface area contributed by atoms with Gasteiger partial charge in [0.25, 0.3) is 0 Å². The highest BCUT2D eigenvalue weighted by molar-refractivity contribution is 5.92. The fraction of sp³-hybridized carbons (Fsp3) is 0.562. The highest BCUT2D eigenvalue weighted by Gasteiger charge is 2.25. The Morgan fingerprint density at radius 1 is 1.35 bits per heavy atom. The van der Waals surface area contributed by atoms with Crippen molar-refractivity contribution in [1.29, 1.82) is 0 Å². The summed E-state index contributed by atoms with van der Waals surface area (Å²) in [6.45, 7) is 4.65. The number of nitrogens with two attached hydrogens (primary N) is 1. The normalized spacial score (nSPS) is 26.2. The number of amides is 1. The van der Waals surface area contributed by atoms with Gasteiger partial charge in [0.05, 0.1) is 6.10 Å². The van der Waals surface area contributed by atoms with E-state index in [1.165, 1.54) is 6.42 Å². The molecule has 0 radical (unpaired) electrons. The van der Waals surface area contributed by atoms with Crippen molar-refractivity contribution >= 4 is 17.3 Å². The monoisotopic (exact) mass is 276 g/mol. The van der Waals surface area contributed by atoms with Crippen molar-refractivity contribution in [3.8, 4) is 0 Å². The molecule has 0 aliphatic heterocycles. The molecule has 3 N–H and O–H groups in total. The second kappa shape index (κ2) is 6.75. The zero-order chi connectivity index (χ0) is 14.5. The largest absolute Gasteiger partial charge is 0.399 e. The number of hydrogen-bond acceptors (Lipinski definition) is 3. The van der Waals surface area contributed by atoms with Crippen LogP contribution in [0.2, 0.25) is 0 Å². The minimum Gasteiger partial charge on any atom is -0.399 e. The maximum atomic E-state index is 11.8. The van der Waals surface area contributed by atoms with E-state index in [2.05, 4.69) is 19.2 Å². The Kier molecular flexibility index (Phi) is 5.01. The molecule has 1 aromatic carbocycles. The van der Waals surface area contributed by atoms with Crippen LogP contribution in [0.5, 0.6) is 0 Å². The third-order valence-electron chi connectivity index (χ3n) is 4.17. The summed E-state index contributed by atoms with van der Waals surface area (Å²) >= 11 is 0. The summed E-state index contributed by atoms with van der Waals surface area (Å²) in [5.41, 5.74) is 7.02. The molecule has 1 fully saturated rings. The van der Waals surface area contributed by atoms with Gasteiger partial charge >= 0.3 is 0 Å².